The van der Waals surface area contributed by atoms with Crippen LogP contribution < -0.4 is 50.6 Å². The van der Waals surface area contributed by atoms with Gasteiger partial charge in [-0.15, -0.1) is 0 Å². The first-order chi connectivity index (χ1) is 22.6. The van der Waals surface area contributed by atoms with Gasteiger partial charge in [-0.05, 0) is 48.5 Å². The molecule has 0 radical (unpaired) electrons. The fourth-order valence-corrected chi connectivity index (χ4v) is 9.22. The molecule has 0 aliphatic heterocycles. The number of hydrogen-bond acceptors (Lipinski definition) is 0. The maximum Gasteiger partial charge on any atom is 4.00 e. The topological polar surface area (TPSA) is 0 Å². The Morgan fingerprint density at radius 2 is 0.571 bits per heavy atom. The molecule has 244 valence electrons. The van der Waals surface area contributed by atoms with E-state index in [0.717, 1.165) is 0 Å². The van der Waals surface area contributed by atoms with Crippen molar-refractivity contribution in [1.82, 2.24) is 0 Å². The predicted molar refractivity (Wildman–Crippen MR) is 207 cm³/mol. The Bertz CT molecular complexity index is 1520. The van der Waals surface area contributed by atoms with Crippen LogP contribution in [-0.2, 0) is 0 Å². The first kappa shape index (κ1) is 43.6. The maximum atomic E-state index is 2.96. The average Bonchev–Trinajstić information content (AvgIpc) is 3.12. The Labute approximate surface area is 329 Å². The van der Waals surface area contributed by atoms with Gasteiger partial charge < -0.3 is 29.4 Å². The van der Waals surface area contributed by atoms with Gasteiger partial charge in [0, 0.05) is 0 Å². The van der Waals surface area contributed by atoms with Crippen LogP contribution in [0.4, 0.5) is 0 Å². The summed E-state index contributed by atoms with van der Waals surface area (Å²) in [7, 11) is -1.91. The molecule has 7 rings (SSSR count). The van der Waals surface area contributed by atoms with Crippen molar-refractivity contribution < 1.29 is 29.4 Å². The summed E-state index contributed by atoms with van der Waals surface area (Å²) in [6, 6.07) is 76.4. The Morgan fingerprint density at radius 1 is 0.347 bits per heavy atom. The number of halogens is 2. The Kier molecular flexibility index (Phi) is 21.9. The maximum absolute atomic E-state index is 2.96. The van der Waals surface area contributed by atoms with Crippen LogP contribution in [0, 0.1) is 39.0 Å². The van der Waals surface area contributed by atoms with E-state index in [-0.39, 0.29) is 53.3 Å². The molecular weight excluding hydrogens is 806 g/mol. The molecule has 7 aromatic rings. The standard InChI is InChI=1S/C24H20P.3C7H7.BrH.ClH.Sn/c1-5-13-21(14-6-1)25(22-15-7-2-8-16-22,23-17-9-3-10-18-23)24-19-11-4-12-20-24;3*1-7-5-3-2-4-6-7;;;/h1-20H;3*2-3,5-6H,1H3;2*1H;/q+1;3*-1;;;+4/p-2. The van der Waals surface area contributed by atoms with Crippen LogP contribution in [0.3, 0.4) is 0 Å². The first-order valence-electron chi connectivity index (χ1n) is 15.5. The molecule has 0 fully saturated rings. The SMILES string of the molecule is Cc1c[c-]ccc1.Cc1c[c-]ccc1.Cc1c[c-]ccc1.[Br-].[Cl-].[Sn+4].c1ccc([P+](c2ccccc2)(c2ccccc2)c2ccccc2)cc1. The van der Waals surface area contributed by atoms with Crippen molar-refractivity contribution in [3.8, 4) is 0 Å². The van der Waals surface area contributed by atoms with E-state index in [4.69, 9.17) is 0 Å². The predicted octanol–water partition coefficient (Wildman–Crippen LogP) is 3.32. The van der Waals surface area contributed by atoms with Gasteiger partial charge >= 0.3 is 23.9 Å². The van der Waals surface area contributed by atoms with Crippen LogP contribution in [0.15, 0.2) is 194 Å². The molecule has 0 heterocycles. The van der Waals surface area contributed by atoms with E-state index < -0.39 is 7.26 Å². The summed E-state index contributed by atoms with van der Waals surface area (Å²) in [5.74, 6) is 0. The van der Waals surface area contributed by atoms with Crippen LogP contribution in [0.2, 0.25) is 0 Å². The monoisotopic (exact) mass is 846 g/mol. The van der Waals surface area contributed by atoms with Crippen molar-refractivity contribution in [2.75, 3.05) is 0 Å². The number of aryl methyl sites for hydroxylation is 3. The zero-order valence-corrected chi connectivity index (χ0v) is 34.3. The summed E-state index contributed by atoms with van der Waals surface area (Å²) in [5.41, 5.74) is 3.80. The fourth-order valence-electron chi connectivity index (χ4n) is 4.95. The molecule has 0 nitrogen and oxygen atoms in total. The van der Waals surface area contributed by atoms with Crippen molar-refractivity contribution in [3.05, 3.63) is 229 Å². The molecule has 0 bridgehead atoms. The Morgan fingerprint density at radius 3 is 0.714 bits per heavy atom. The Balaban J connectivity index is 0.000000408. The van der Waals surface area contributed by atoms with Crippen molar-refractivity contribution >= 4 is 52.4 Å². The van der Waals surface area contributed by atoms with E-state index in [0.29, 0.717) is 0 Å². The van der Waals surface area contributed by atoms with E-state index in [1.54, 1.807) is 0 Å². The van der Waals surface area contributed by atoms with Gasteiger partial charge in [-0.1, -0.05) is 93.6 Å². The molecule has 0 saturated carbocycles. The zero-order chi connectivity index (χ0) is 32.3. The average molecular weight is 847 g/mol. The quantitative estimate of drug-likeness (QED) is 0.145. The third kappa shape index (κ3) is 13.8. The van der Waals surface area contributed by atoms with E-state index in [9.17, 15) is 0 Å². The van der Waals surface area contributed by atoms with Gasteiger partial charge in [-0.2, -0.15) is 108 Å². The summed E-state index contributed by atoms with van der Waals surface area (Å²) in [6.07, 6.45) is 0. The summed E-state index contributed by atoms with van der Waals surface area (Å²) >= 11 is 0. The molecule has 0 aromatic heterocycles. The van der Waals surface area contributed by atoms with Crippen LogP contribution in [0.1, 0.15) is 16.7 Å². The summed E-state index contributed by atoms with van der Waals surface area (Å²) in [4.78, 5) is 0. The zero-order valence-electron chi connectivity index (χ0n) is 28.2. The minimum Gasteiger partial charge on any atom is -1.00 e. The van der Waals surface area contributed by atoms with Crippen molar-refractivity contribution in [2.45, 2.75) is 20.8 Å². The summed E-state index contributed by atoms with van der Waals surface area (Å²) < 4.78 is 0. The van der Waals surface area contributed by atoms with Gasteiger partial charge in [0.25, 0.3) is 0 Å². The molecule has 0 atom stereocenters. The fraction of sp³-hybridized carbons (Fsp3) is 0.0667. The van der Waals surface area contributed by atoms with Crippen molar-refractivity contribution in [1.29, 1.82) is 0 Å². The van der Waals surface area contributed by atoms with Crippen LogP contribution in [-0.4, -0.2) is 23.9 Å². The van der Waals surface area contributed by atoms with Crippen LogP contribution >= 0.6 is 7.26 Å². The number of benzene rings is 7. The van der Waals surface area contributed by atoms with Gasteiger partial charge in [0.05, 0.1) is 0 Å². The van der Waals surface area contributed by atoms with E-state index in [1.165, 1.54) is 37.9 Å². The second-order valence-corrected chi connectivity index (χ2v) is 14.2. The molecule has 0 amide bonds. The third-order valence-electron chi connectivity index (χ3n) is 7.16. The van der Waals surface area contributed by atoms with Crippen molar-refractivity contribution in [2.24, 2.45) is 0 Å². The molecule has 0 aliphatic carbocycles. The van der Waals surface area contributed by atoms with Gasteiger partial charge in [0.15, 0.2) is 0 Å². The molecule has 0 saturated heterocycles. The van der Waals surface area contributed by atoms with E-state index >= 15 is 0 Å². The minimum atomic E-state index is -1.91. The van der Waals surface area contributed by atoms with Gasteiger partial charge in [0.1, 0.15) is 28.5 Å². The molecule has 0 unspecified atom stereocenters. The normalized spacial score (nSPS) is 9.45. The molecule has 49 heavy (non-hydrogen) atoms. The summed E-state index contributed by atoms with van der Waals surface area (Å²) in [5, 5.41) is 5.55. The number of rotatable bonds is 4. The molecule has 7 aromatic carbocycles. The third-order valence-corrected chi connectivity index (χ3v) is 11.5. The number of hydrogen-bond donors (Lipinski definition) is 0. The van der Waals surface area contributed by atoms with Crippen LogP contribution in [0.25, 0.3) is 0 Å². The molecular formula is C45H41BrClPSn. The Hall–Kier alpha value is -3.46. The molecule has 0 aliphatic rings. The van der Waals surface area contributed by atoms with E-state index in [2.05, 4.69) is 178 Å². The van der Waals surface area contributed by atoms with Gasteiger partial charge in [0.2, 0.25) is 0 Å². The van der Waals surface area contributed by atoms with Crippen molar-refractivity contribution in [3.63, 3.8) is 0 Å². The second-order valence-electron chi connectivity index (χ2n) is 10.8. The molecule has 0 N–H and O–H groups in total. The van der Waals surface area contributed by atoms with Gasteiger partial charge in [-0.25, -0.2) is 0 Å². The van der Waals surface area contributed by atoms with Crippen LogP contribution in [0.5, 0.6) is 0 Å². The molecule has 4 heteroatoms. The van der Waals surface area contributed by atoms with Gasteiger partial charge in [-0.3, -0.25) is 0 Å². The smallest absolute Gasteiger partial charge is 1.00 e. The molecule has 0 spiro atoms. The second kappa shape index (κ2) is 24.6. The largest absolute Gasteiger partial charge is 4.00 e. The first-order valence-corrected chi connectivity index (χ1v) is 17.3. The summed E-state index contributed by atoms with van der Waals surface area (Å²) in [6.45, 7) is 6.16. The van der Waals surface area contributed by atoms with E-state index in [1.807, 2.05) is 54.6 Å². The minimum absolute atomic E-state index is 0.